The van der Waals surface area contributed by atoms with E-state index in [1.54, 1.807) is 0 Å². The maximum atomic E-state index is 13.5. The first-order chi connectivity index (χ1) is 12.8. The molecule has 0 aliphatic rings. The van der Waals surface area contributed by atoms with E-state index in [4.69, 9.17) is 0 Å². The van der Waals surface area contributed by atoms with E-state index in [9.17, 15) is 22.4 Å². The first-order valence-corrected chi connectivity index (χ1v) is 8.87. The Bertz CT molecular complexity index is 938. The summed E-state index contributed by atoms with van der Waals surface area (Å²) in [6, 6.07) is 11.8. The van der Waals surface area contributed by atoms with Crippen molar-refractivity contribution in [2.45, 2.75) is 12.6 Å². The molecule has 0 bridgehead atoms. The lowest BCUT2D eigenvalue weighted by Gasteiger charge is -2.09. The minimum Gasteiger partial charge on any atom is -0.352 e. The molecule has 27 heavy (non-hydrogen) atoms. The zero-order valence-electron chi connectivity index (χ0n) is 13.9. The van der Waals surface area contributed by atoms with Gasteiger partial charge < -0.3 is 5.32 Å². The quantitative estimate of drug-likeness (QED) is 0.623. The van der Waals surface area contributed by atoms with Gasteiger partial charge in [-0.2, -0.15) is 13.2 Å². The molecule has 140 valence electrons. The lowest BCUT2D eigenvalue weighted by molar-refractivity contribution is -0.140. The van der Waals surface area contributed by atoms with Crippen LogP contribution in [0.5, 0.6) is 0 Å². The van der Waals surface area contributed by atoms with Gasteiger partial charge in [0.25, 0.3) is 5.91 Å². The minimum absolute atomic E-state index is 0.163. The van der Waals surface area contributed by atoms with Crippen LogP contribution in [0, 0.1) is 5.82 Å². The molecule has 1 heterocycles. The number of benzene rings is 2. The van der Waals surface area contributed by atoms with Gasteiger partial charge in [0.2, 0.25) is 0 Å². The Balaban J connectivity index is 1.57. The van der Waals surface area contributed by atoms with Crippen LogP contribution < -0.4 is 5.32 Å². The molecule has 1 amide bonds. The molecule has 0 radical (unpaired) electrons. The summed E-state index contributed by atoms with van der Waals surface area (Å²) in [5.41, 5.74) is 0.231. The summed E-state index contributed by atoms with van der Waals surface area (Å²) in [5.74, 6) is -2.11. The van der Waals surface area contributed by atoms with Crippen LogP contribution in [0.3, 0.4) is 0 Å². The molecule has 8 heteroatoms. The van der Waals surface area contributed by atoms with Gasteiger partial charge in [0.05, 0.1) is 11.3 Å². The van der Waals surface area contributed by atoms with Crippen molar-refractivity contribution >= 4 is 17.2 Å². The van der Waals surface area contributed by atoms with Gasteiger partial charge >= 0.3 is 6.18 Å². The van der Waals surface area contributed by atoms with Gasteiger partial charge in [0.15, 0.2) is 0 Å². The highest BCUT2D eigenvalue weighted by Gasteiger charge is 2.34. The Morgan fingerprint density at radius 1 is 1.11 bits per heavy atom. The van der Waals surface area contributed by atoms with Crippen LogP contribution in [0.1, 0.15) is 21.6 Å². The van der Waals surface area contributed by atoms with Gasteiger partial charge in [-0.05, 0) is 18.2 Å². The Morgan fingerprint density at radius 2 is 1.85 bits per heavy atom. The number of amides is 1. The highest BCUT2D eigenvalue weighted by molar-refractivity contribution is 7.13. The number of thiazole rings is 1. The van der Waals surface area contributed by atoms with E-state index in [-0.39, 0.29) is 12.1 Å². The van der Waals surface area contributed by atoms with Crippen LogP contribution in [0.2, 0.25) is 0 Å². The first-order valence-electron chi connectivity index (χ1n) is 7.99. The van der Waals surface area contributed by atoms with Gasteiger partial charge in [0.1, 0.15) is 10.8 Å². The van der Waals surface area contributed by atoms with Crippen molar-refractivity contribution in [1.29, 1.82) is 0 Å². The van der Waals surface area contributed by atoms with Crippen LogP contribution >= 0.6 is 11.3 Å². The Morgan fingerprint density at radius 3 is 2.52 bits per heavy atom. The summed E-state index contributed by atoms with van der Waals surface area (Å²) in [6.45, 7) is 0.236. The number of carbonyl (C=O) groups is 1. The molecular weight excluding hydrogens is 380 g/mol. The van der Waals surface area contributed by atoms with Crippen LogP contribution in [-0.4, -0.2) is 17.4 Å². The first kappa shape index (κ1) is 19.0. The van der Waals surface area contributed by atoms with Crippen LogP contribution in [0.15, 0.2) is 53.9 Å². The third-order valence-electron chi connectivity index (χ3n) is 3.78. The predicted octanol–water partition coefficient (Wildman–Crippen LogP) is 4.94. The predicted molar refractivity (Wildman–Crippen MR) is 95.0 cm³/mol. The molecule has 2 aromatic carbocycles. The zero-order chi connectivity index (χ0) is 19.4. The SMILES string of the molecule is O=C(NCCc1csc(-c2ccccc2)n1)c1ccc(C(F)(F)F)c(F)c1. The Hall–Kier alpha value is -2.74. The highest BCUT2D eigenvalue weighted by Crippen LogP contribution is 2.31. The van der Waals surface area contributed by atoms with Crippen molar-refractivity contribution < 1.29 is 22.4 Å². The second-order valence-electron chi connectivity index (χ2n) is 5.71. The molecule has 0 unspecified atom stereocenters. The number of carbonyl (C=O) groups excluding carboxylic acids is 1. The van der Waals surface area contributed by atoms with Crippen molar-refractivity contribution in [3.8, 4) is 10.6 Å². The van der Waals surface area contributed by atoms with E-state index in [2.05, 4.69) is 10.3 Å². The normalized spacial score (nSPS) is 11.4. The standard InChI is InChI=1S/C19H14F4N2OS/c20-16-10-13(6-7-15(16)19(21,22)23)17(26)24-9-8-14-11-27-18(25-14)12-4-2-1-3-5-12/h1-7,10-11H,8-9H2,(H,24,26). The lowest BCUT2D eigenvalue weighted by Crippen LogP contribution is -2.26. The summed E-state index contributed by atoms with van der Waals surface area (Å²) in [7, 11) is 0. The van der Waals surface area contributed by atoms with Crippen LogP contribution in [-0.2, 0) is 12.6 Å². The largest absolute Gasteiger partial charge is 0.419 e. The highest BCUT2D eigenvalue weighted by atomic mass is 32.1. The third kappa shape index (κ3) is 4.71. The van der Waals surface area contributed by atoms with Crippen molar-refractivity contribution in [2.75, 3.05) is 6.54 Å². The van der Waals surface area contributed by atoms with Crippen molar-refractivity contribution in [2.24, 2.45) is 0 Å². The average molecular weight is 394 g/mol. The van der Waals surface area contributed by atoms with E-state index in [0.717, 1.165) is 22.3 Å². The number of aromatic nitrogens is 1. The van der Waals surface area contributed by atoms with Crippen LogP contribution in [0.4, 0.5) is 17.6 Å². The van der Waals surface area contributed by atoms with Crippen molar-refractivity contribution in [3.63, 3.8) is 0 Å². The second kappa shape index (κ2) is 7.87. The summed E-state index contributed by atoms with van der Waals surface area (Å²) in [6.07, 6.45) is -4.33. The molecule has 0 aliphatic carbocycles. The summed E-state index contributed by atoms with van der Waals surface area (Å²) in [5, 5.41) is 5.30. The molecule has 3 nitrogen and oxygen atoms in total. The fourth-order valence-electron chi connectivity index (χ4n) is 2.43. The van der Waals surface area contributed by atoms with E-state index < -0.39 is 23.5 Å². The molecule has 1 N–H and O–H groups in total. The average Bonchev–Trinajstić information content (AvgIpc) is 3.10. The maximum absolute atomic E-state index is 13.5. The lowest BCUT2D eigenvalue weighted by atomic mass is 10.1. The van der Waals surface area contributed by atoms with E-state index in [0.29, 0.717) is 18.6 Å². The van der Waals surface area contributed by atoms with Gasteiger partial charge in [0, 0.05) is 29.5 Å². The summed E-state index contributed by atoms with van der Waals surface area (Å²) in [4.78, 5) is 16.5. The number of halogens is 4. The van der Waals surface area contributed by atoms with E-state index in [1.807, 2.05) is 35.7 Å². The number of hydrogen-bond acceptors (Lipinski definition) is 3. The smallest absolute Gasteiger partial charge is 0.352 e. The van der Waals surface area contributed by atoms with E-state index >= 15 is 0 Å². The van der Waals surface area contributed by atoms with Crippen LogP contribution in [0.25, 0.3) is 10.6 Å². The number of alkyl halides is 3. The zero-order valence-corrected chi connectivity index (χ0v) is 14.7. The number of rotatable bonds is 5. The number of nitrogens with zero attached hydrogens (tertiary/aromatic N) is 1. The van der Waals surface area contributed by atoms with Gasteiger partial charge in [-0.25, -0.2) is 9.37 Å². The van der Waals surface area contributed by atoms with Gasteiger partial charge in [-0.1, -0.05) is 30.3 Å². The Kier molecular flexibility index (Phi) is 5.55. The Labute approximate surface area is 156 Å². The monoisotopic (exact) mass is 394 g/mol. The van der Waals surface area contributed by atoms with Crippen molar-refractivity contribution in [3.05, 3.63) is 76.5 Å². The molecule has 3 rings (SSSR count). The topological polar surface area (TPSA) is 42.0 Å². The van der Waals surface area contributed by atoms with E-state index in [1.165, 1.54) is 11.3 Å². The number of hydrogen-bond donors (Lipinski definition) is 1. The minimum atomic E-state index is -4.79. The van der Waals surface area contributed by atoms with Gasteiger partial charge in [-0.3, -0.25) is 4.79 Å². The van der Waals surface area contributed by atoms with Gasteiger partial charge in [-0.15, -0.1) is 11.3 Å². The maximum Gasteiger partial charge on any atom is 0.419 e. The fourth-order valence-corrected chi connectivity index (χ4v) is 3.29. The molecule has 0 atom stereocenters. The molecule has 0 saturated carbocycles. The molecule has 0 saturated heterocycles. The molecule has 0 fully saturated rings. The second-order valence-corrected chi connectivity index (χ2v) is 6.57. The fraction of sp³-hybridized carbons (Fsp3) is 0.158. The molecule has 1 aromatic heterocycles. The molecule has 3 aromatic rings. The molecular formula is C19H14F4N2OS. The third-order valence-corrected chi connectivity index (χ3v) is 4.72. The molecule has 0 spiro atoms. The number of nitrogens with one attached hydrogen (secondary N) is 1. The molecule has 0 aliphatic heterocycles. The van der Waals surface area contributed by atoms with Crippen molar-refractivity contribution in [1.82, 2.24) is 10.3 Å². The summed E-state index contributed by atoms with van der Waals surface area (Å²) < 4.78 is 51.2. The summed E-state index contributed by atoms with van der Waals surface area (Å²) >= 11 is 1.48.